The molecule has 0 saturated carbocycles. The molecule has 0 saturated heterocycles. The van der Waals surface area contributed by atoms with Crippen LogP contribution in [0.3, 0.4) is 0 Å². The minimum Gasteiger partial charge on any atom is -0.497 e. The maximum absolute atomic E-state index is 6.07. The number of hydrogen-bond acceptors (Lipinski definition) is 4. The Kier molecular flexibility index (Phi) is 7.70. The summed E-state index contributed by atoms with van der Waals surface area (Å²) in [5, 5.41) is 0. The first-order valence-corrected chi connectivity index (χ1v) is 5.40. The molecular weight excluding hydrogens is 240 g/mol. The molecule has 0 fully saturated rings. The summed E-state index contributed by atoms with van der Waals surface area (Å²) in [7, 11) is 3.26. The average Bonchev–Trinajstić information content (AvgIpc) is 2.34. The van der Waals surface area contributed by atoms with E-state index < -0.39 is 0 Å². The molecule has 0 spiro atoms. The Balaban J connectivity index is 0.00000256. The summed E-state index contributed by atoms with van der Waals surface area (Å²) in [5.41, 5.74) is 12.5. The summed E-state index contributed by atoms with van der Waals surface area (Å²) in [6, 6.07) is 5.64. The third kappa shape index (κ3) is 4.42. The molecule has 1 atom stereocenters. The summed E-state index contributed by atoms with van der Waals surface area (Å²) < 4.78 is 10.4. The van der Waals surface area contributed by atoms with E-state index in [-0.39, 0.29) is 18.4 Å². The SMILES string of the molecule is COc1ccc([C@H](N)CCCN)c(OC)c1.Cl. The van der Waals surface area contributed by atoms with Gasteiger partial charge in [0.05, 0.1) is 14.2 Å². The van der Waals surface area contributed by atoms with Crippen molar-refractivity contribution in [2.75, 3.05) is 20.8 Å². The van der Waals surface area contributed by atoms with E-state index >= 15 is 0 Å². The average molecular weight is 261 g/mol. The quantitative estimate of drug-likeness (QED) is 0.819. The lowest BCUT2D eigenvalue weighted by Crippen LogP contribution is -2.13. The van der Waals surface area contributed by atoms with Gasteiger partial charge in [0.2, 0.25) is 0 Å². The molecular formula is C12H21ClN2O2. The van der Waals surface area contributed by atoms with Gasteiger partial charge in [-0.05, 0) is 25.5 Å². The van der Waals surface area contributed by atoms with Gasteiger partial charge in [0, 0.05) is 17.7 Å². The van der Waals surface area contributed by atoms with Gasteiger partial charge in [-0.3, -0.25) is 0 Å². The summed E-state index contributed by atoms with van der Waals surface area (Å²) in [4.78, 5) is 0. The van der Waals surface area contributed by atoms with Crippen molar-refractivity contribution in [1.29, 1.82) is 0 Å². The predicted molar refractivity (Wildman–Crippen MR) is 72.0 cm³/mol. The highest BCUT2D eigenvalue weighted by Gasteiger charge is 2.12. The topological polar surface area (TPSA) is 70.5 Å². The van der Waals surface area contributed by atoms with Gasteiger partial charge in [-0.25, -0.2) is 0 Å². The Labute approximate surface area is 109 Å². The van der Waals surface area contributed by atoms with Crippen molar-refractivity contribution in [2.45, 2.75) is 18.9 Å². The Hall–Kier alpha value is -0.970. The van der Waals surface area contributed by atoms with Gasteiger partial charge in [0.15, 0.2) is 0 Å². The highest BCUT2D eigenvalue weighted by Crippen LogP contribution is 2.30. The second kappa shape index (κ2) is 8.17. The van der Waals surface area contributed by atoms with E-state index in [1.54, 1.807) is 14.2 Å². The second-order valence-corrected chi connectivity index (χ2v) is 3.65. The van der Waals surface area contributed by atoms with E-state index in [4.69, 9.17) is 20.9 Å². The van der Waals surface area contributed by atoms with Crippen LogP contribution in [0.15, 0.2) is 18.2 Å². The molecule has 4 N–H and O–H groups in total. The lowest BCUT2D eigenvalue weighted by atomic mass is 10.0. The van der Waals surface area contributed by atoms with Crippen LogP contribution in [0.1, 0.15) is 24.4 Å². The fourth-order valence-corrected chi connectivity index (χ4v) is 1.62. The van der Waals surface area contributed by atoms with Crippen molar-refractivity contribution in [3.63, 3.8) is 0 Å². The van der Waals surface area contributed by atoms with Crippen LogP contribution in [0, 0.1) is 0 Å². The minimum atomic E-state index is -0.0376. The van der Waals surface area contributed by atoms with Gasteiger partial charge >= 0.3 is 0 Å². The fraction of sp³-hybridized carbons (Fsp3) is 0.500. The molecule has 0 aliphatic carbocycles. The van der Waals surface area contributed by atoms with Gasteiger partial charge in [-0.1, -0.05) is 6.07 Å². The van der Waals surface area contributed by atoms with E-state index in [0.29, 0.717) is 6.54 Å². The summed E-state index contributed by atoms with van der Waals surface area (Å²) in [6.45, 7) is 0.659. The molecule has 0 bridgehead atoms. The molecule has 0 amide bonds. The summed E-state index contributed by atoms with van der Waals surface area (Å²) >= 11 is 0. The highest BCUT2D eigenvalue weighted by molar-refractivity contribution is 5.85. The van der Waals surface area contributed by atoms with E-state index in [9.17, 15) is 0 Å². The zero-order valence-electron chi connectivity index (χ0n) is 10.3. The zero-order valence-corrected chi connectivity index (χ0v) is 11.1. The molecule has 4 nitrogen and oxygen atoms in total. The van der Waals surface area contributed by atoms with Gasteiger partial charge in [0.1, 0.15) is 11.5 Å². The molecule has 0 heterocycles. The third-order valence-electron chi connectivity index (χ3n) is 2.56. The Morgan fingerprint density at radius 2 is 1.94 bits per heavy atom. The molecule has 1 aromatic carbocycles. The largest absolute Gasteiger partial charge is 0.497 e. The van der Waals surface area contributed by atoms with E-state index in [0.717, 1.165) is 29.9 Å². The van der Waals surface area contributed by atoms with Crippen LogP contribution in [0.5, 0.6) is 11.5 Å². The maximum Gasteiger partial charge on any atom is 0.127 e. The zero-order chi connectivity index (χ0) is 12.0. The maximum atomic E-state index is 6.07. The molecule has 17 heavy (non-hydrogen) atoms. The second-order valence-electron chi connectivity index (χ2n) is 3.65. The van der Waals surface area contributed by atoms with Crippen molar-refractivity contribution in [1.82, 2.24) is 0 Å². The number of rotatable bonds is 6. The molecule has 0 aliphatic heterocycles. The molecule has 1 aromatic rings. The van der Waals surface area contributed by atoms with Crippen molar-refractivity contribution >= 4 is 12.4 Å². The number of hydrogen-bond donors (Lipinski definition) is 2. The van der Waals surface area contributed by atoms with Crippen LogP contribution >= 0.6 is 12.4 Å². The molecule has 98 valence electrons. The Morgan fingerprint density at radius 3 is 2.47 bits per heavy atom. The molecule has 0 aromatic heterocycles. The summed E-state index contributed by atoms with van der Waals surface area (Å²) in [6.07, 6.45) is 1.77. The van der Waals surface area contributed by atoms with Crippen LogP contribution in [0.4, 0.5) is 0 Å². The molecule has 0 unspecified atom stereocenters. The fourth-order valence-electron chi connectivity index (χ4n) is 1.62. The van der Waals surface area contributed by atoms with Crippen LogP contribution in [0.2, 0.25) is 0 Å². The van der Waals surface area contributed by atoms with Gasteiger partial charge in [0.25, 0.3) is 0 Å². The number of benzene rings is 1. The predicted octanol–water partition coefficient (Wildman–Crippen LogP) is 1.86. The van der Waals surface area contributed by atoms with Crippen molar-refractivity contribution in [2.24, 2.45) is 11.5 Å². The van der Waals surface area contributed by atoms with Crippen molar-refractivity contribution in [3.05, 3.63) is 23.8 Å². The molecule has 0 radical (unpaired) electrons. The van der Waals surface area contributed by atoms with Crippen LogP contribution in [-0.2, 0) is 0 Å². The van der Waals surface area contributed by atoms with E-state index in [1.165, 1.54) is 0 Å². The summed E-state index contributed by atoms with van der Waals surface area (Å²) in [5.74, 6) is 1.54. The van der Waals surface area contributed by atoms with Crippen molar-refractivity contribution in [3.8, 4) is 11.5 Å². The van der Waals surface area contributed by atoms with Gasteiger partial charge in [-0.15, -0.1) is 12.4 Å². The lowest BCUT2D eigenvalue weighted by molar-refractivity contribution is 0.387. The monoisotopic (exact) mass is 260 g/mol. The molecule has 0 aliphatic rings. The standard InChI is InChI=1S/C12H20N2O2.ClH/c1-15-9-5-6-10(12(8-9)16-2)11(14)4-3-7-13;/h5-6,8,11H,3-4,7,13-14H2,1-2H3;1H/t11-;/m1./s1. The molecule has 5 heteroatoms. The first-order chi connectivity index (χ1) is 7.72. The molecule has 1 rings (SSSR count). The van der Waals surface area contributed by atoms with E-state index in [1.807, 2.05) is 18.2 Å². The number of ether oxygens (including phenoxy) is 2. The van der Waals surface area contributed by atoms with Crippen LogP contribution in [0.25, 0.3) is 0 Å². The third-order valence-corrected chi connectivity index (χ3v) is 2.56. The first-order valence-electron chi connectivity index (χ1n) is 5.40. The number of nitrogens with two attached hydrogens (primary N) is 2. The first kappa shape index (κ1) is 16.0. The van der Waals surface area contributed by atoms with Gasteiger partial charge in [-0.2, -0.15) is 0 Å². The van der Waals surface area contributed by atoms with Gasteiger partial charge < -0.3 is 20.9 Å². The normalized spacial score (nSPS) is 11.5. The number of methoxy groups -OCH3 is 2. The van der Waals surface area contributed by atoms with Crippen LogP contribution in [-0.4, -0.2) is 20.8 Å². The Bertz CT molecular complexity index is 334. The van der Waals surface area contributed by atoms with Crippen LogP contribution < -0.4 is 20.9 Å². The Morgan fingerprint density at radius 1 is 1.24 bits per heavy atom. The lowest BCUT2D eigenvalue weighted by Gasteiger charge is -2.16. The minimum absolute atomic E-state index is 0. The van der Waals surface area contributed by atoms with E-state index in [2.05, 4.69) is 0 Å². The van der Waals surface area contributed by atoms with Crippen molar-refractivity contribution < 1.29 is 9.47 Å². The number of halogens is 1. The smallest absolute Gasteiger partial charge is 0.127 e. The highest BCUT2D eigenvalue weighted by atomic mass is 35.5.